The third kappa shape index (κ3) is 2.43. The van der Waals surface area contributed by atoms with Gasteiger partial charge in [0.1, 0.15) is 23.3 Å². The van der Waals surface area contributed by atoms with Crippen molar-refractivity contribution in [1.82, 2.24) is 0 Å². The van der Waals surface area contributed by atoms with E-state index in [2.05, 4.69) is 0 Å². The molecule has 0 aliphatic rings. The standard InChI is InChI=1S/C14H7F2NO2/c15-12-5-10(6-13(16)11(12)7-17)8-1-3-9(4-2-8)14(18)19/h1-6H,(H,18,19). The summed E-state index contributed by atoms with van der Waals surface area (Å²) in [5.41, 5.74) is 0.155. The van der Waals surface area contributed by atoms with Crippen LogP contribution in [0, 0.1) is 23.0 Å². The van der Waals surface area contributed by atoms with Gasteiger partial charge in [-0.3, -0.25) is 0 Å². The maximum atomic E-state index is 13.4. The molecule has 0 heterocycles. The lowest BCUT2D eigenvalue weighted by Gasteiger charge is -2.04. The summed E-state index contributed by atoms with van der Waals surface area (Å²) in [4.78, 5) is 10.7. The predicted molar refractivity (Wildman–Crippen MR) is 63.5 cm³/mol. The number of benzene rings is 2. The Morgan fingerprint density at radius 3 is 2.00 bits per heavy atom. The average Bonchev–Trinajstić information content (AvgIpc) is 2.38. The summed E-state index contributed by atoms with van der Waals surface area (Å²) in [5.74, 6) is -2.97. The number of hydrogen-bond donors (Lipinski definition) is 1. The highest BCUT2D eigenvalue weighted by atomic mass is 19.1. The topological polar surface area (TPSA) is 61.1 Å². The second-order valence-electron chi connectivity index (χ2n) is 3.81. The molecule has 0 saturated carbocycles. The van der Waals surface area contributed by atoms with Crippen LogP contribution in [0.25, 0.3) is 11.1 Å². The zero-order valence-electron chi connectivity index (χ0n) is 9.52. The molecule has 0 radical (unpaired) electrons. The summed E-state index contributed by atoms with van der Waals surface area (Å²) in [6, 6.07) is 9.09. The van der Waals surface area contributed by atoms with E-state index in [1.54, 1.807) is 0 Å². The van der Waals surface area contributed by atoms with Crippen LogP contribution < -0.4 is 0 Å². The van der Waals surface area contributed by atoms with Gasteiger partial charge in [-0.25, -0.2) is 13.6 Å². The number of carboxylic acid groups (broad SMARTS) is 1. The molecule has 0 amide bonds. The van der Waals surface area contributed by atoms with Gasteiger partial charge in [0.2, 0.25) is 0 Å². The first-order chi connectivity index (χ1) is 9.02. The van der Waals surface area contributed by atoms with Gasteiger partial charge in [-0.2, -0.15) is 5.26 Å². The van der Waals surface area contributed by atoms with E-state index in [1.165, 1.54) is 30.3 Å². The van der Waals surface area contributed by atoms with Gasteiger partial charge < -0.3 is 5.11 Å². The van der Waals surface area contributed by atoms with E-state index in [9.17, 15) is 13.6 Å². The van der Waals surface area contributed by atoms with Crippen LogP contribution >= 0.6 is 0 Å². The van der Waals surface area contributed by atoms with Gasteiger partial charge in [-0.15, -0.1) is 0 Å². The highest BCUT2D eigenvalue weighted by Gasteiger charge is 2.12. The fourth-order valence-corrected chi connectivity index (χ4v) is 1.65. The monoisotopic (exact) mass is 259 g/mol. The Hall–Kier alpha value is -2.74. The van der Waals surface area contributed by atoms with E-state index < -0.39 is 23.2 Å². The highest BCUT2D eigenvalue weighted by molar-refractivity contribution is 5.88. The maximum Gasteiger partial charge on any atom is 0.335 e. The minimum Gasteiger partial charge on any atom is -0.478 e. The molecular formula is C14H7F2NO2. The van der Waals surface area contributed by atoms with Crippen LogP contribution in [0.2, 0.25) is 0 Å². The number of carbonyl (C=O) groups is 1. The van der Waals surface area contributed by atoms with Crippen molar-refractivity contribution in [2.24, 2.45) is 0 Å². The van der Waals surface area contributed by atoms with Crippen molar-refractivity contribution in [3.05, 3.63) is 59.2 Å². The average molecular weight is 259 g/mol. The normalized spacial score (nSPS) is 9.95. The highest BCUT2D eigenvalue weighted by Crippen LogP contribution is 2.24. The fourth-order valence-electron chi connectivity index (χ4n) is 1.65. The largest absolute Gasteiger partial charge is 0.478 e. The number of rotatable bonds is 2. The molecule has 0 saturated heterocycles. The molecule has 0 aliphatic carbocycles. The Bertz CT molecular complexity index is 665. The summed E-state index contributed by atoms with van der Waals surface area (Å²) in [7, 11) is 0. The van der Waals surface area contributed by atoms with Crippen molar-refractivity contribution >= 4 is 5.97 Å². The van der Waals surface area contributed by atoms with Crippen molar-refractivity contribution in [2.45, 2.75) is 0 Å². The summed E-state index contributed by atoms with van der Waals surface area (Å²) in [6.45, 7) is 0. The number of halogens is 2. The molecule has 2 rings (SSSR count). The molecule has 0 aliphatic heterocycles. The number of nitrogens with zero attached hydrogens (tertiary/aromatic N) is 1. The van der Waals surface area contributed by atoms with Crippen LogP contribution in [-0.2, 0) is 0 Å². The van der Waals surface area contributed by atoms with Crippen molar-refractivity contribution < 1.29 is 18.7 Å². The molecule has 19 heavy (non-hydrogen) atoms. The van der Waals surface area contributed by atoms with E-state index in [1.807, 2.05) is 0 Å². The van der Waals surface area contributed by atoms with Crippen LogP contribution in [-0.4, -0.2) is 11.1 Å². The minimum atomic E-state index is -1.08. The molecule has 0 aromatic heterocycles. The lowest BCUT2D eigenvalue weighted by molar-refractivity contribution is 0.0697. The number of carboxylic acids is 1. The molecule has 3 nitrogen and oxygen atoms in total. The maximum absolute atomic E-state index is 13.4. The first kappa shape index (κ1) is 12.7. The van der Waals surface area contributed by atoms with Crippen LogP contribution in [0.3, 0.4) is 0 Å². The van der Waals surface area contributed by atoms with Crippen LogP contribution in [0.1, 0.15) is 15.9 Å². The predicted octanol–water partition coefficient (Wildman–Crippen LogP) is 3.20. The van der Waals surface area contributed by atoms with Gasteiger partial charge in [0, 0.05) is 0 Å². The van der Waals surface area contributed by atoms with Crippen molar-refractivity contribution in [2.75, 3.05) is 0 Å². The van der Waals surface area contributed by atoms with Crippen molar-refractivity contribution in [3.8, 4) is 17.2 Å². The van der Waals surface area contributed by atoms with E-state index in [0.717, 1.165) is 12.1 Å². The Labute approximate surface area is 107 Å². The molecule has 5 heteroatoms. The number of aromatic carboxylic acids is 1. The molecule has 0 unspecified atom stereocenters. The molecule has 94 valence electrons. The van der Waals surface area contributed by atoms with Crippen LogP contribution in [0.15, 0.2) is 36.4 Å². The van der Waals surface area contributed by atoms with Gasteiger partial charge in [0.25, 0.3) is 0 Å². The van der Waals surface area contributed by atoms with Crippen molar-refractivity contribution in [3.63, 3.8) is 0 Å². The minimum absolute atomic E-state index is 0.0818. The first-order valence-corrected chi connectivity index (χ1v) is 5.26. The quantitative estimate of drug-likeness (QED) is 0.900. The zero-order valence-corrected chi connectivity index (χ0v) is 9.52. The Kier molecular flexibility index (Phi) is 3.25. The summed E-state index contributed by atoms with van der Waals surface area (Å²) < 4.78 is 26.9. The Morgan fingerprint density at radius 2 is 1.58 bits per heavy atom. The molecule has 2 aromatic carbocycles. The van der Waals surface area contributed by atoms with Gasteiger partial charge in [-0.1, -0.05) is 12.1 Å². The van der Waals surface area contributed by atoms with E-state index in [0.29, 0.717) is 5.56 Å². The van der Waals surface area contributed by atoms with Gasteiger partial charge in [-0.05, 0) is 35.4 Å². The number of hydrogen-bond acceptors (Lipinski definition) is 2. The van der Waals surface area contributed by atoms with E-state index >= 15 is 0 Å². The zero-order chi connectivity index (χ0) is 14.0. The van der Waals surface area contributed by atoms with Gasteiger partial charge in [0.05, 0.1) is 5.56 Å². The van der Waals surface area contributed by atoms with Gasteiger partial charge >= 0.3 is 5.97 Å². The summed E-state index contributed by atoms with van der Waals surface area (Å²) >= 11 is 0. The smallest absolute Gasteiger partial charge is 0.335 e. The fraction of sp³-hybridized carbons (Fsp3) is 0. The molecule has 0 bridgehead atoms. The lowest BCUT2D eigenvalue weighted by Crippen LogP contribution is -1.96. The van der Waals surface area contributed by atoms with E-state index in [-0.39, 0.29) is 11.1 Å². The van der Waals surface area contributed by atoms with Crippen LogP contribution in [0.4, 0.5) is 8.78 Å². The molecule has 0 spiro atoms. The van der Waals surface area contributed by atoms with Crippen molar-refractivity contribution in [1.29, 1.82) is 5.26 Å². The third-order valence-corrected chi connectivity index (χ3v) is 2.62. The van der Waals surface area contributed by atoms with Crippen LogP contribution in [0.5, 0.6) is 0 Å². The second-order valence-corrected chi connectivity index (χ2v) is 3.81. The van der Waals surface area contributed by atoms with E-state index in [4.69, 9.17) is 10.4 Å². The molecule has 1 N–H and O–H groups in total. The summed E-state index contributed by atoms with van der Waals surface area (Å²) in [6.07, 6.45) is 0. The molecule has 2 aromatic rings. The Morgan fingerprint density at radius 1 is 1.05 bits per heavy atom. The first-order valence-electron chi connectivity index (χ1n) is 5.26. The molecular weight excluding hydrogens is 252 g/mol. The third-order valence-electron chi connectivity index (χ3n) is 2.62. The SMILES string of the molecule is N#Cc1c(F)cc(-c2ccc(C(=O)O)cc2)cc1F. The molecule has 0 atom stereocenters. The lowest BCUT2D eigenvalue weighted by atomic mass is 10.0. The Balaban J connectivity index is 2.48. The summed E-state index contributed by atoms with van der Waals surface area (Å²) in [5, 5.41) is 17.3. The van der Waals surface area contributed by atoms with Gasteiger partial charge in [0.15, 0.2) is 0 Å². The second kappa shape index (κ2) is 4.86. The number of nitriles is 1. The molecule has 0 fully saturated rings.